The maximum absolute atomic E-state index is 13.2. The Balaban J connectivity index is 1.80. The van der Waals surface area contributed by atoms with Crippen LogP contribution < -0.4 is 10.0 Å². The van der Waals surface area contributed by atoms with Gasteiger partial charge in [0.1, 0.15) is 0 Å². The monoisotopic (exact) mass is 492 g/mol. The number of para-hydroxylation sites is 2. The van der Waals surface area contributed by atoms with Crippen molar-refractivity contribution < 1.29 is 21.6 Å². The quantitative estimate of drug-likeness (QED) is 0.349. The van der Waals surface area contributed by atoms with E-state index in [2.05, 4.69) is 20.0 Å². The Kier molecular flexibility index (Phi) is 5.89. The van der Waals surface area contributed by atoms with Crippen LogP contribution in [-0.4, -0.2) is 18.4 Å². The predicted octanol–water partition coefficient (Wildman–Crippen LogP) is 6.15. The second kappa shape index (κ2) is 8.53. The van der Waals surface area contributed by atoms with Crippen molar-refractivity contribution in [2.24, 2.45) is 0 Å². The van der Waals surface area contributed by atoms with Gasteiger partial charge in [0.05, 0.1) is 32.2 Å². The number of benzene rings is 3. The molecule has 0 aliphatic rings. The van der Waals surface area contributed by atoms with Crippen molar-refractivity contribution in [1.82, 2.24) is 9.97 Å². The van der Waals surface area contributed by atoms with E-state index in [0.717, 1.165) is 23.8 Å². The molecule has 6 nitrogen and oxygen atoms in total. The molecule has 0 saturated carbocycles. The maximum atomic E-state index is 13.2. The number of aryl methyl sites for hydroxylation is 1. The topological polar surface area (TPSA) is 84.0 Å². The Hall–Kier alpha value is -3.37. The Bertz CT molecular complexity index is 1440. The third-order valence-corrected chi connectivity index (χ3v) is 6.36. The minimum absolute atomic E-state index is 0.00823. The molecule has 4 aromatic rings. The molecule has 3 aromatic carbocycles. The molecule has 1 heterocycles. The summed E-state index contributed by atoms with van der Waals surface area (Å²) < 4.78 is 67.7. The van der Waals surface area contributed by atoms with Crippen molar-refractivity contribution in [2.45, 2.75) is 18.0 Å². The number of rotatable bonds is 5. The fourth-order valence-electron chi connectivity index (χ4n) is 2.99. The lowest BCUT2D eigenvalue weighted by Gasteiger charge is -2.16. The second-order valence-electron chi connectivity index (χ2n) is 7.15. The van der Waals surface area contributed by atoms with Crippen molar-refractivity contribution >= 4 is 50.0 Å². The number of halogens is 4. The average Bonchev–Trinajstić information content (AvgIpc) is 2.75. The van der Waals surface area contributed by atoms with Crippen molar-refractivity contribution in [1.29, 1.82) is 0 Å². The molecule has 0 bridgehead atoms. The van der Waals surface area contributed by atoms with Crippen LogP contribution in [-0.2, 0) is 16.2 Å². The molecule has 170 valence electrons. The molecule has 0 unspecified atom stereocenters. The van der Waals surface area contributed by atoms with Gasteiger partial charge in [0.2, 0.25) is 0 Å². The molecule has 0 aliphatic carbocycles. The first-order valence-electron chi connectivity index (χ1n) is 9.53. The molecule has 11 heteroatoms. The first kappa shape index (κ1) is 22.8. The summed E-state index contributed by atoms with van der Waals surface area (Å²) in [7, 11) is -4.06. The van der Waals surface area contributed by atoms with Crippen molar-refractivity contribution in [2.75, 3.05) is 10.0 Å². The normalized spacial score (nSPS) is 12.0. The van der Waals surface area contributed by atoms with E-state index in [0.29, 0.717) is 11.0 Å². The summed E-state index contributed by atoms with van der Waals surface area (Å²) in [4.78, 5) is 8.67. The molecule has 0 aliphatic heterocycles. The Morgan fingerprint density at radius 3 is 2.09 bits per heavy atom. The van der Waals surface area contributed by atoms with E-state index in [4.69, 9.17) is 11.6 Å². The van der Waals surface area contributed by atoms with Gasteiger partial charge in [0, 0.05) is 0 Å². The highest BCUT2D eigenvalue weighted by atomic mass is 35.5. The molecule has 0 fully saturated rings. The predicted molar refractivity (Wildman–Crippen MR) is 121 cm³/mol. The van der Waals surface area contributed by atoms with Gasteiger partial charge < -0.3 is 5.32 Å². The van der Waals surface area contributed by atoms with E-state index < -0.39 is 21.8 Å². The minimum Gasteiger partial charge on any atom is -0.336 e. The molecular weight excluding hydrogens is 477 g/mol. The molecule has 2 N–H and O–H groups in total. The molecule has 0 saturated heterocycles. The summed E-state index contributed by atoms with van der Waals surface area (Å²) in [5.41, 5.74) is 0.638. The van der Waals surface area contributed by atoms with Crippen LogP contribution in [0.5, 0.6) is 0 Å². The van der Waals surface area contributed by atoms with Gasteiger partial charge in [-0.05, 0) is 49.4 Å². The maximum Gasteiger partial charge on any atom is 0.416 e. The number of nitrogens with zero attached hydrogens (tertiary/aromatic N) is 2. The van der Waals surface area contributed by atoms with Crippen LogP contribution in [0, 0.1) is 6.92 Å². The molecule has 0 radical (unpaired) electrons. The number of hydrogen-bond donors (Lipinski definition) is 2. The second-order valence-corrected chi connectivity index (χ2v) is 9.24. The van der Waals surface area contributed by atoms with E-state index in [1.165, 1.54) is 12.1 Å². The lowest BCUT2D eigenvalue weighted by molar-refractivity contribution is -0.137. The fraction of sp³-hybridized carbons (Fsp3) is 0.0909. The highest BCUT2D eigenvalue weighted by Crippen LogP contribution is 2.36. The van der Waals surface area contributed by atoms with Crippen molar-refractivity contribution in [3.8, 4) is 0 Å². The Labute approximate surface area is 192 Å². The first-order chi connectivity index (χ1) is 15.5. The van der Waals surface area contributed by atoms with E-state index in [9.17, 15) is 21.6 Å². The Morgan fingerprint density at radius 1 is 0.879 bits per heavy atom. The molecule has 33 heavy (non-hydrogen) atoms. The smallest absolute Gasteiger partial charge is 0.336 e. The zero-order valence-electron chi connectivity index (χ0n) is 17.0. The third-order valence-electron chi connectivity index (χ3n) is 4.68. The summed E-state index contributed by atoms with van der Waals surface area (Å²) in [5, 5.41) is 2.69. The largest absolute Gasteiger partial charge is 0.416 e. The van der Waals surface area contributed by atoms with Crippen molar-refractivity contribution in [3.63, 3.8) is 0 Å². The van der Waals surface area contributed by atoms with Crippen LogP contribution in [0.2, 0.25) is 5.02 Å². The lowest BCUT2D eigenvalue weighted by Crippen LogP contribution is -2.16. The first-order valence-corrected chi connectivity index (χ1v) is 11.4. The van der Waals surface area contributed by atoms with E-state index in [1.807, 2.05) is 6.92 Å². The number of alkyl halides is 3. The zero-order valence-corrected chi connectivity index (χ0v) is 18.6. The summed E-state index contributed by atoms with van der Waals surface area (Å²) in [6.45, 7) is 1.82. The van der Waals surface area contributed by atoms with Crippen LogP contribution in [0.1, 0.15) is 11.1 Å². The van der Waals surface area contributed by atoms with E-state index >= 15 is 0 Å². The SMILES string of the molecule is Cc1ccc(S(=O)(=O)Nc2nc3ccccc3nc2Nc2cc(C(F)(F)F)ccc2Cl)cc1. The van der Waals surface area contributed by atoms with Gasteiger partial charge in [-0.25, -0.2) is 18.4 Å². The Morgan fingerprint density at radius 2 is 1.48 bits per heavy atom. The van der Waals surface area contributed by atoms with Crippen LogP contribution in [0.4, 0.5) is 30.5 Å². The molecule has 0 spiro atoms. The highest BCUT2D eigenvalue weighted by Gasteiger charge is 2.31. The van der Waals surface area contributed by atoms with Crippen LogP contribution in [0.3, 0.4) is 0 Å². The molecule has 0 amide bonds. The number of hydrogen-bond acceptors (Lipinski definition) is 5. The standard InChI is InChI=1S/C22H16ClF3N4O2S/c1-13-6-9-15(10-7-13)33(31,32)30-21-20(27-17-4-2-3-5-18(17)28-21)29-19-12-14(22(24,25)26)8-11-16(19)23/h2-12H,1H3,(H,27,29)(H,28,30). The number of fused-ring (bicyclic) bond motifs is 1. The van der Waals surface area contributed by atoms with Gasteiger partial charge >= 0.3 is 6.18 Å². The lowest BCUT2D eigenvalue weighted by atomic mass is 10.2. The molecule has 1 aromatic heterocycles. The van der Waals surface area contributed by atoms with Gasteiger partial charge in [-0.1, -0.05) is 41.4 Å². The van der Waals surface area contributed by atoms with E-state index in [-0.39, 0.29) is 27.2 Å². The van der Waals surface area contributed by atoms with Crippen molar-refractivity contribution in [3.05, 3.63) is 82.9 Å². The van der Waals surface area contributed by atoms with Crippen LogP contribution in [0.25, 0.3) is 11.0 Å². The molecule has 4 rings (SSSR count). The summed E-state index contributed by atoms with van der Waals surface area (Å²) >= 11 is 6.09. The number of aromatic nitrogens is 2. The summed E-state index contributed by atoms with van der Waals surface area (Å²) in [5.74, 6) is -0.298. The molecule has 0 atom stereocenters. The fourth-order valence-corrected chi connectivity index (χ4v) is 4.16. The average molecular weight is 493 g/mol. The van der Waals surface area contributed by atoms with Gasteiger partial charge in [-0.15, -0.1) is 0 Å². The van der Waals surface area contributed by atoms with Gasteiger partial charge in [-0.3, -0.25) is 4.72 Å². The van der Waals surface area contributed by atoms with E-state index in [1.54, 1.807) is 36.4 Å². The van der Waals surface area contributed by atoms with Gasteiger partial charge in [-0.2, -0.15) is 13.2 Å². The van der Waals surface area contributed by atoms with Gasteiger partial charge in [0.25, 0.3) is 10.0 Å². The van der Waals surface area contributed by atoms with Crippen LogP contribution >= 0.6 is 11.6 Å². The number of anilines is 3. The summed E-state index contributed by atoms with van der Waals surface area (Å²) in [6, 6.07) is 15.6. The molecular formula is C22H16ClF3N4O2S. The highest BCUT2D eigenvalue weighted by molar-refractivity contribution is 7.92. The zero-order chi connectivity index (χ0) is 23.8. The number of nitrogens with one attached hydrogen (secondary N) is 2. The van der Waals surface area contributed by atoms with Gasteiger partial charge in [0.15, 0.2) is 11.6 Å². The van der Waals surface area contributed by atoms with Crippen LogP contribution in [0.15, 0.2) is 71.6 Å². The summed E-state index contributed by atoms with van der Waals surface area (Å²) in [6.07, 6.45) is -4.59. The minimum atomic E-state index is -4.59. The number of sulfonamides is 1. The third kappa shape index (κ3) is 5.01.